The van der Waals surface area contributed by atoms with Gasteiger partial charge >= 0.3 is 5.97 Å². The minimum absolute atomic E-state index is 0.317. The number of esters is 1. The topological polar surface area (TPSA) is 51.2 Å². The molecule has 0 saturated heterocycles. The SMILES string of the molecule is COC(=O)c1ccc(NCc2cnccc2C)c(C)c1. The van der Waals surface area contributed by atoms with Crippen molar-refractivity contribution in [3.8, 4) is 0 Å². The molecule has 4 heteroatoms. The molecule has 20 heavy (non-hydrogen) atoms. The van der Waals surface area contributed by atoms with Gasteiger partial charge in [0, 0.05) is 24.6 Å². The van der Waals surface area contributed by atoms with E-state index in [0.29, 0.717) is 12.1 Å². The second-order valence-electron chi connectivity index (χ2n) is 4.68. The van der Waals surface area contributed by atoms with Gasteiger partial charge in [-0.25, -0.2) is 4.79 Å². The van der Waals surface area contributed by atoms with Gasteiger partial charge in [-0.1, -0.05) is 0 Å². The Hall–Kier alpha value is -2.36. The fourth-order valence-corrected chi connectivity index (χ4v) is 1.98. The van der Waals surface area contributed by atoms with Crippen LogP contribution in [-0.4, -0.2) is 18.1 Å². The predicted octanol–water partition coefficient (Wildman–Crippen LogP) is 3.10. The Kier molecular flexibility index (Phi) is 4.35. The number of nitrogens with zero attached hydrogens (tertiary/aromatic N) is 1. The van der Waals surface area contributed by atoms with E-state index in [9.17, 15) is 4.79 Å². The van der Waals surface area contributed by atoms with Crippen LogP contribution in [0.15, 0.2) is 36.7 Å². The van der Waals surface area contributed by atoms with Crippen molar-refractivity contribution >= 4 is 11.7 Å². The van der Waals surface area contributed by atoms with Crippen LogP contribution < -0.4 is 5.32 Å². The average molecular weight is 270 g/mol. The highest BCUT2D eigenvalue weighted by molar-refractivity contribution is 5.90. The molecule has 2 aromatic rings. The highest BCUT2D eigenvalue weighted by Gasteiger charge is 2.07. The van der Waals surface area contributed by atoms with Crippen molar-refractivity contribution < 1.29 is 9.53 Å². The minimum Gasteiger partial charge on any atom is -0.465 e. The van der Waals surface area contributed by atoms with Gasteiger partial charge in [0.1, 0.15) is 0 Å². The first-order valence-electron chi connectivity index (χ1n) is 6.44. The van der Waals surface area contributed by atoms with Gasteiger partial charge in [-0.05, 0) is 54.8 Å². The zero-order chi connectivity index (χ0) is 14.5. The molecule has 0 saturated carbocycles. The largest absolute Gasteiger partial charge is 0.465 e. The maximum atomic E-state index is 11.5. The van der Waals surface area contributed by atoms with Gasteiger partial charge < -0.3 is 10.1 Å². The van der Waals surface area contributed by atoms with Crippen LogP contribution in [0.25, 0.3) is 0 Å². The van der Waals surface area contributed by atoms with Crippen LogP contribution in [0.3, 0.4) is 0 Å². The Bertz CT molecular complexity index is 624. The summed E-state index contributed by atoms with van der Waals surface area (Å²) in [4.78, 5) is 15.6. The van der Waals surface area contributed by atoms with Crippen LogP contribution in [0.5, 0.6) is 0 Å². The number of aryl methyl sites for hydroxylation is 2. The number of carbonyl (C=O) groups is 1. The average Bonchev–Trinajstić information content (AvgIpc) is 2.46. The van der Waals surface area contributed by atoms with E-state index in [1.807, 2.05) is 31.3 Å². The van der Waals surface area contributed by atoms with Gasteiger partial charge in [0.05, 0.1) is 12.7 Å². The Morgan fingerprint density at radius 1 is 1.25 bits per heavy atom. The van der Waals surface area contributed by atoms with Crippen LogP contribution in [0.4, 0.5) is 5.69 Å². The van der Waals surface area contributed by atoms with E-state index < -0.39 is 0 Å². The van der Waals surface area contributed by atoms with Crippen molar-refractivity contribution in [3.63, 3.8) is 0 Å². The lowest BCUT2D eigenvalue weighted by Crippen LogP contribution is -2.05. The summed E-state index contributed by atoms with van der Waals surface area (Å²) in [6, 6.07) is 7.47. The van der Waals surface area contributed by atoms with Crippen molar-refractivity contribution in [1.82, 2.24) is 4.98 Å². The zero-order valence-corrected chi connectivity index (χ0v) is 11.9. The Morgan fingerprint density at radius 2 is 2.05 bits per heavy atom. The van der Waals surface area contributed by atoms with Gasteiger partial charge in [0.15, 0.2) is 0 Å². The Morgan fingerprint density at radius 3 is 2.70 bits per heavy atom. The van der Waals surface area contributed by atoms with E-state index in [1.54, 1.807) is 12.3 Å². The van der Waals surface area contributed by atoms with Crippen LogP contribution in [-0.2, 0) is 11.3 Å². The summed E-state index contributed by atoms with van der Waals surface area (Å²) < 4.78 is 4.71. The summed E-state index contributed by atoms with van der Waals surface area (Å²) >= 11 is 0. The lowest BCUT2D eigenvalue weighted by Gasteiger charge is -2.12. The molecule has 1 aromatic heterocycles. The molecule has 0 radical (unpaired) electrons. The second-order valence-corrected chi connectivity index (χ2v) is 4.68. The van der Waals surface area contributed by atoms with Crippen LogP contribution >= 0.6 is 0 Å². The summed E-state index contributed by atoms with van der Waals surface area (Å²) in [5.41, 5.74) is 4.93. The first kappa shape index (κ1) is 14.1. The second kappa shape index (κ2) is 6.19. The number of ether oxygens (including phenoxy) is 1. The van der Waals surface area contributed by atoms with Crippen molar-refractivity contribution in [2.24, 2.45) is 0 Å². The van der Waals surface area contributed by atoms with Crippen molar-refractivity contribution in [3.05, 3.63) is 58.9 Å². The number of benzene rings is 1. The molecule has 104 valence electrons. The highest BCUT2D eigenvalue weighted by atomic mass is 16.5. The summed E-state index contributed by atoms with van der Waals surface area (Å²) in [6.07, 6.45) is 3.65. The van der Waals surface area contributed by atoms with E-state index >= 15 is 0 Å². The van der Waals surface area contributed by atoms with Gasteiger partial charge in [0.25, 0.3) is 0 Å². The van der Waals surface area contributed by atoms with Gasteiger partial charge in [-0.2, -0.15) is 0 Å². The molecule has 1 N–H and O–H groups in total. The van der Waals surface area contributed by atoms with E-state index in [0.717, 1.165) is 16.8 Å². The van der Waals surface area contributed by atoms with E-state index in [-0.39, 0.29) is 5.97 Å². The maximum absolute atomic E-state index is 11.5. The summed E-state index contributed by atoms with van der Waals surface area (Å²) in [7, 11) is 1.38. The molecule has 0 bridgehead atoms. The lowest BCUT2D eigenvalue weighted by atomic mass is 10.1. The van der Waals surface area contributed by atoms with Crippen LogP contribution in [0.2, 0.25) is 0 Å². The third kappa shape index (κ3) is 3.15. The highest BCUT2D eigenvalue weighted by Crippen LogP contribution is 2.18. The molecular weight excluding hydrogens is 252 g/mol. The normalized spacial score (nSPS) is 10.2. The number of methoxy groups -OCH3 is 1. The first-order chi connectivity index (χ1) is 9.61. The zero-order valence-electron chi connectivity index (χ0n) is 11.9. The molecule has 0 atom stereocenters. The van der Waals surface area contributed by atoms with E-state index in [1.165, 1.54) is 12.7 Å². The number of nitrogens with one attached hydrogen (secondary N) is 1. The molecule has 2 rings (SSSR count). The number of pyridine rings is 1. The van der Waals surface area contributed by atoms with Gasteiger partial charge in [-0.15, -0.1) is 0 Å². The standard InChI is InChI=1S/C16H18N2O2/c1-11-6-7-17-9-14(11)10-18-15-5-4-13(8-12(15)2)16(19)20-3/h4-9,18H,10H2,1-3H3. The molecule has 4 nitrogen and oxygen atoms in total. The van der Waals surface area contributed by atoms with Crippen molar-refractivity contribution in [1.29, 1.82) is 0 Å². The molecule has 0 fully saturated rings. The predicted molar refractivity (Wildman–Crippen MR) is 78.8 cm³/mol. The van der Waals surface area contributed by atoms with Crippen molar-refractivity contribution in [2.75, 3.05) is 12.4 Å². The van der Waals surface area contributed by atoms with Crippen LogP contribution in [0, 0.1) is 13.8 Å². The fourth-order valence-electron chi connectivity index (χ4n) is 1.98. The van der Waals surface area contributed by atoms with E-state index in [4.69, 9.17) is 4.74 Å². The molecular formula is C16H18N2O2. The third-order valence-electron chi connectivity index (χ3n) is 3.26. The molecule has 1 heterocycles. The van der Waals surface area contributed by atoms with Gasteiger partial charge in [-0.3, -0.25) is 4.98 Å². The summed E-state index contributed by atoms with van der Waals surface area (Å²) in [5, 5.41) is 3.36. The molecule has 1 aromatic carbocycles. The summed E-state index contributed by atoms with van der Waals surface area (Å²) in [6.45, 7) is 4.73. The Balaban J connectivity index is 2.11. The van der Waals surface area contributed by atoms with Crippen LogP contribution in [0.1, 0.15) is 27.0 Å². The number of rotatable bonds is 4. The number of hydrogen-bond donors (Lipinski definition) is 1. The third-order valence-corrected chi connectivity index (χ3v) is 3.26. The number of hydrogen-bond acceptors (Lipinski definition) is 4. The fraction of sp³-hybridized carbons (Fsp3) is 0.250. The smallest absolute Gasteiger partial charge is 0.337 e. The minimum atomic E-state index is -0.317. The van der Waals surface area contributed by atoms with Gasteiger partial charge in [0.2, 0.25) is 0 Å². The van der Waals surface area contributed by atoms with Crippen molar-refractivity contribution in [2.45, 2.75) is 20.4 Å². The number of aromatic nitrogens is 1. The maximum Gasteiger partial charge on any atom is 0.337 e. The molecule has 0 aliphatic carbocycles. The Labute approximate surface area is 118 Å². The quantitative estimate of drug-likeness (QED) is 0.867. The summed E-state index contributed by atoms with van der Waals surface area (Å²) in [5.74, 6) is -0.317. The number of anilines is 1. The molecule has 0 aliphatic heterocycles. The van der Waals surface area contributed by atoms with E-state index in [2.05, 4.69) is 17.2 Å². The molecule has 0 spiro atoms. The monoisotopic (exact) mass is 270 g/mol. The first-order valence-corrected chi connectivity index (χ1v) is 6.44. The molecule has 0 aliphatic rings. The lowest BCUT2D eigenvalue weighted by molar-refractivity contribution is 0.0600. The molecule has 0 amide bonds. The number of carbonyl (C=O) groups excluding carboxylic acids is 1. The molecule has 0 unspecified atom stereocenters.